The Bertz CT molecular complexity index is 956. The quantitative estimate of drug-likeness (QED) is 0.277. The first-order valence-electron chi connectivity index (χ1n) is 15.0. The fourth-order valence-corrected chi connectivity index (χ4v) is 6.07. The Balaban J connectivity index is 2.41. The molecule has 0 saturated carbocycles. The van der Waals surface area contributed by atoms with Gasteiger partial charge in [0.25, 0.3) is 0 Å². The lowest BCUT2D eigenvalue weighted by atomic mass is 9.82. The summed E-state index contributed by atoms with van der Waals surface area (Å²) in [5.41, 5.74) is -1.11. The van der Waals surface area contributed by atoms with Crippen LogP contribution < -0.4 is 21.3 Å². The summed E-state index contributed by atoms with van der Waals surface area (Å²) in [5.74, 6) is -1.41. The molecule has 0 spiro atoms. The Hall–Kier alpha value is -2.69. The normalized spacial score (nSPS) is 25.3. The third-order valence-electron chi connectivity index (χ3n) is 7.68. The second kappa shape index (κ2) is 14.0. The monoisotopic (exact) mass is 579 g/mol. The lowest BCUT2D eigenvalue weighted by molar-refractivity contribution is -0.148. The van der Waals surface area contributed by atoms with Gasteiger partial charge in [0, 0.05) is 24.5 Å². The van der Waals surface area contributed by atoms with E-state index in [1.807, 2.05) is 69.2 Å². The molecule has 0 bridgehead atoms. The summed E-state index contributed by atoms with van der Waals surface area (Å²) in [4.78, 5) is 66.8. The lowest BCUT2D eigenvalue weighted by Gasteiger charge is -2.37. The molecular formula is C30H53N5O6. The van der Waals surface area contributed by atoms with E-state index in [-0.39, 0.29) is 36.0 Å². The van der Waals surface area contributed by atoms with Crippen molar-refractivity contribution in [1.29, 1.82) is 0 Å². The highest BCUT2D eigenvalue weighted by Crippen LogP contribution is 2.36. The maximum Gasteiger partial charge on any atom is 0.315 e. The van der Waals surface area contributed by atoms with Crippen LogP contribution in [0.25, 0.3) is 0 Å². The van der Waals surface area contributed by atoms with Crippen LogP contribution in [0, 0.1) is 23.7 Å². The summed E-state index contributed by atoms with van der Waals surface area (Å²) in [7, 11) is 0. The minimum atomic E-state index is -1.04. The number of ether oxygens (including phenoxy) is 1. The Morgan fingerprint density at radius 2 is 1.76 bits per heavy atom. The highest BCUT2D eigenvalue weighted by Gasteiger charge is 2.50. The van der Waals surface area contributed by atoms with Gasteiger partial charge in [-0.2, -0.15) is 0 Å². The number of likely N-dealkylation sites (tertiary alicyclic amines) is 1. The molecule has 2 rings (SSSR count). The van der Waals surface area contributed by atoms with Gasteiger partial charge in [0.1, 0.15) is 18.4 Å². The molecule has 0 aliphatic carbocycles. The molecule has 0 radical (unpaired) electrons. The van der Waals surface area contributed by atoms with Crippen molar-refractivity contribution in [3.8, 4) is 0 Å². The van der Waals surface area contributed by atoms with Crippen LogP contribution in [0.5, 0.6) is 0 Å². The van der Waals surface area contributed by atoms with Gasteiger partial charge in [-0.1, -0.05) is 27.7 Å². The van der Waals surface area contributed by atoms with Crippen LogP contribution in [0.3, 0.4) is 0 Å². The van der Waals surface area contributed by atoms with E-state index in [1.165, 1.54) is 0 Å². The van der Waals surface area contributed by atoms with E-state index in [0.717, 1.165) is 0 Å². The number of nitrogens with zero attached hydrogens (tertiary/aromatic N) is 1. The number of carbonyl (C=O) groups excluding carboxylic acids is 5. The molecule has 2 fully saturated rings. The van der Waals surface area contributed by atoms with Crippen LogP contribution in [0.4, 0.5) is 4.79 Å². The molecule has 2 aliphatic rings. The molecule has 4 N–H and O–H groups in total. The summed E-state index contributed by atoms with van der Waals surface area (Å²) in [5, 5.41) is 11.3. The molecule has 0 aromatic rings. The Kier molecular flexibility index (Phi) is 11.8. The zero-order valence-electron chi connectivity index (χ0n) is 26.6. The molecule has 11 heteroatoms. The number of rotatable bonds is 11. The average Bonchev–Trinajstić information content (AvgIpc) is 3.40. The third kappa shape index (κ3) is 9.68. The summed E-state index contributed by atoms with van der Waals surface area (Å²) in [6.07, 6.45) is 1.28. The number of carbonyl (C=O) groups is 5. The first-order chi connectivity index (χ1) is 18.9. The van der Waals surface area contributed by atoms with E-state index in [0.29, 0.717) is 32.2 Å². The van der Waals surface area contributed by atoms with Crippen molar-refractivity contribution in [3.63, 3.8) is 0 Å². The van der Waals surface area contributed by atoms with E-state index >= 15 is 0 Å². The van der Waals surface area contributed by atoms with E-state index in [4.69, 9.17) is 4.74 Å². The molecule has 5 amide bonds. The summed E-state index contributed by atoms with van der Waals surface area (Å²) in [6, 6.07) is -3.24. The molecule has 2 aliphatic heterocycles. The molecular weight excluding hydrogens is 526 g/mol. The van der Waals surface area contributed by atoms with Gasteiger partial charge in [0.15, 0.2) is 0 Å². The van der Waals surface area contributed by atoms with Crippen LogP contribution in [0.1, 0.15) is 88.5 Å². The van der Waals surface area contributed by atoms with Gasteiger partial charge in [0.05, 0.1) is 17.7 Å². The highest BCUT2D eigenvalue weighted by molar-refractivity contribution is 5.94. The van der Waals surface area contributed by atoms with Crippen molar-refractivity contribution < 1.29 is 28.7 Å². The Morgan fingerprint density at radius 3 is 2.22 bits per heavy atom. The summed E-state index contributed by atoms with van der Waals surface area (Å²) < 4.78 is 6.25. The number of hydrogen-bond acceptors (Lipinski definition) is 6. The maximum absolute atomic E-state index is 14.3. The number of urea groups is 1. The topological polar surface area (TPSA) is 146 Å². The predicted molar refractivity (Wildman–Crippen MR) is 157 cm³/mol. The smallest absolute Gasteiger partial charge is 0.315 e. The zero-order chi connectivity index (χ0) is 31.3. The summed E-state index contributed by atoms with van der Waals surface area (Å²) >= 11 is 0. The van der Waals surface area contributed by atoms with Gasteiger partial charge >= 0.3 is 6.03 Å². The first kappa shape index (κ1) is 34.5. The van der Waals surface area contributed by atoms with Crippen molar-refractivity contribution in [2.75, 3.05) is 13.1 Å². The lowest BCUT2D eigenvalue weighted by Crippen LogP contribution is -2.62. The van der Waals surface area contributed by atoms with E-state index < -0.39 is 53.2 Å². The molecule has 41 heavy (non-hydrogen) atoms. The molecule has 0 aromatic heterocycles. The standard InChI is InChI=1S/C30H53N5O6/c1-11-21(41-30(8,9)10)23(33-28(40)34-29(5,6)7)27(39)35-15-18(4)22(17(2)3)24(35)26(38)32-20(16-36)14-19-12-13-31-25(19)37/h16-24H,11-15H2,1-10H3,(H,31,37)(H,32,38)(H2,33,34,40)/t18-,19-,20-,21+,22-,23-,24-/m0/s1. The van der Waals surface area contributed by atoms with Gasteiger partial charge in [0.2, 0.25) is 17.7 Å². The van der Waals surface area contributed by atoms with Gasteiger partial charge in [-0.15, -0.1) is 0 Å². The highest BCUT2D eigenvalue weighted by atomic mass is 16.5. The van der Waals surface area contributed by atoms with Crippen molar-refractivity contribution >= 4 is 30.0 Å². The van der Waals surface area contributed by atoms with Crippen LogP contribution in [-0.4, -0.2) is 83.4 Å². The molecule has 234 valence electrons. The fourth-order valence-electron chi connectivity index (χ4n) is 6.07. The van der Waals surface area contributed by atoms with Gasteiger partial charge in [-0.05, 0) is 78.6 Å². The largest absolute Gasteiger partial charge is 0.370 e. The van der Waals surface area contributed by atoms with Gasteiger partial charge in [-0.3, -0.25) is 14.4 Å². The minimum absolute atomic E-state index is 0.00217. The Labute approximate surface area is 245 Å². The van der Waals surface area contributed by atoms with Crippen LogP contribution in [0.15, 0.2) is 0 Å². The number of hydrogen-bond donors (Lipinski definition) is 4. The van der Waals surface area contributed by atoms with Gasteiger partial charge < -0.3 is 35.7 Å². The average molecular weight is 580 g/mol. The zero-order valence-corrected chi connectivity index (χ0v) is 26.6. The number of nitrogens with one attached hydrogen (secondary N) is 4. The van der Waals surface area contributed by atoms with Crippen molar-refractivity contribution in [3.05, 3.63) is 0 Å². The predicted octanol–water partition coefficient (Wildman–Crippen LogP) is 2.38. The number of amides is 5. The van der Waals surface area contributed by atoms with Crippen LogP contribution in [0.2, 0.25) is 0 Å². The first-order valence-corrected chi connectivity index (χ1v) is 15.0. The van der Waals surface area contributed by atoms with Gasteiger partial charge in [-0.25, -0.2) is 4.79 Å². The Morgan fingerprint density at radius 1 is 1.12 bits per heavy atom. The van der Waals surface area contributed by atoms with Crippen LogP contribution in [-0.2, 0) is 23.9 Å². The molecule has 0 unspecified atom stereocenters. The SMILES string of the molecule is CC[C@@H](OC(C)(C)C)[C@H](NC(=O)NC(C)(C)C)C(=O)N1C[C@H](C)[C@H](C(C)C)[C@H]1C(=O)N[C@H](C=O)C[C@@H]1CCNC1=O. The third-order valence-corrected chi connectivity index (χ3v) is 7.68. The molecule has 0 aromatic carbocycles. The second-order valence-corrected chi connectivity index (χ2v) is 14.0. The van der Waals surface area contributed by atoms with Crippen molar-refractivity contribution in [2.45, 2.75) is 124 Å². The van der Waals surface area contributed by atoms with Crippen molar-refractivity contribution in [2.24, 2.45) is 23.7 Å². The maximum atomic E-state index is 14.3. The van der Waals surface area contributed by atoms with E-state index in [1.54, 1.807) is 4.90 Å². The molecule has 2 saturated heterocycles. The summed E-state index contributed by atoms with van der Waals surface area (Å²) in [6.45, 7) is 20.0. The molecule has 2 heterocycles. The minimum Gasteiger partial charge on any atom is -0.370 e. The molecule has 7 atom stereocenters. The second-order valence-electron chi connectivity index (χ2n) is 14.0. The fraction of sp³-hybridized carbons (Fsp3) is 0.833. The van der Waals surface area contributed by atoms with Crippen molar-refractivity contribution in [1.82, 2.24) is 26.2 Å². The van der Waals surface area contributed by atoms with Crippen LogP contribution >= 0.6 is 0 Å². The van der Waals surface area contributed by atoms with E-state index in [9.17, 15) is 24.0 Å². The number of aldehydes is 1. The molecule has 11 nitrogen and oxygen atoms in total. The van der Waals surface area contributed by atoms with E-state index in [2.05, 4.69) is 21.3 Å².